The Morgan fingerprint density at radius 3 is 2.65 bits per heavy atom. The standard InChI is InChI=1S/C14H14N6/c1-2-12-7-13(17-8-16-12)20-9-18-14(19-20)10-3-5-11(15)6-4-10/h3-9H,2,15H2,1H3. The Kier molecular flexibility index (Phi) is 3.12. The number of aromatic nitrogens is 5. The lowest BCUT2D eigenvalue weighted by molar-refractivity contribution is 0.829. The van der Waals surface area contributed by atoms with Crippen LogP contribution in [0.4, 0.5) is 5.69 Å². The first-order chi connectivity index (χ1) is 9.76. The number of aryl methyl sites for hydroxylation is 1. The van der Waals surface area contributed by atoms with Gasteiger partial charge in [0.25, 0.3) is 0 Å². The van der Waals surface area contributed by atoms with Crippen LogP contribution in [0.2, 0.25) is 0 Å². The minimum atomic E-state index is 0.640. The molecule has 0 unspecified atom stereocenters. The molecule has 1 aromatic carbocycles. The highest BCUT2D eigenvalue weighted by Gasteiger charge is 2.06. The Balaban J connectivity index is 1.95. The number of hydrogen-bond donors (Lipinski definition) is 1. The molecule has 6 nitrogen and oxygen atoms in total. The van der Waals surface area contributed by atoms with Gasteiger partial charge in [0.1, 0.15) is 12.7 Å². The fraction of sp³-hybridized carbons (Fsp3) is 0.143. The molecule has 0 atom stereocenters. The molecule has 3 rings (SSSR count). The average molecular weight is 266 g/mol. The number of rotatable bonds is 3. The van der Waals surface area contributed by atoms with E-state index in [0.717, 1.165) is 23.4 Å². The molecule has 0 aliphatic heterocycles. The fourth-order valence-electron chi connectivity index (χ4n) is 1.84. The minimum Gasteiger partial charge on any atom is -0.399 e. The van der Waals surface area contributed by atoms with E-state index in [-0.39, 0.29) is 0 Å². The molecule has 2 aromatic heterocycles. The van der Waals surface area contributed by atoms with Crippen molar-refractivity contribution in [3.63, 3.8) is 0 Å². The maximum absolute atomic E-state index is 5.67. The Hall–Kier alpha value is -2.76. The SMILES string of the molecule is CCc1cc(-n2cnc(-c3ccc(N)cc3)n2)ncn1. The molecule has 6 heteroatoms. The Bertz CT molecular complexity index is 717. The van der Waals surface area contributed by atoms with Gasteiger partial charge in [-0.25, -0.2) is 19.6 Å². The molecule has 3 aromatic rings. The normalized spacial score (nSPS) is 10.7. The molecular formula is C14H14N6. The first-order valence-electron chi connectivity index (χ1n) is 6.35. The number of nitrogens with two attached hydrogens (primary N) is 1. The van der Waals surface area contributed by atoms with E-state index >= 15 is 0 Å². The third-order valence-electron chi connectivity index (χ3n) is 2.97. The quantitative estimate of drug-likeness (QED) is 0.732. The zero-order chi connectivity index (χ0) is 13.9. The molecule has 2 N–H and O–H groups in total. The zero-order valence-corrected chi connectivity index (χ0v) is 11.1. The van der Waals surface area contributed by atoms with Crippen molar-refractivity contribution in [3.05, 3.63) is 48.7 Å². The van der Waals surface area contributed by atoms with Crippen LogP contribution in [-0.4, -0.2) is 24.7 Å². The first kappa shape index (κ1) is 12.3. The van der Waals surface area contributed by atoms with Crippen molar-refractivity contribution in [2.45, 2.75) is 13.3 Å². The summed E-state index contributed by atoms with van der Waals surface area (Å²) in [7, 11) is 0. The Labute approximate surface area is 116 Å². The second kappa shape index (κ2) is 5.08. The van der Waals surface area contributed by atoms with E-state index in [1.165, 1.54) is 0 Å². The largest absolute Gasteiger partial charge is 0.399 e. The molecule has 0 saturated carbocycles. The maximum Gasteiger partial charge on any atom is 0.181 e. The maximum atomic E-state index is 5.67. The molecule has 0 radical (unpaired) electrons. The number of hydrogen-bond acceptors (Lipinski definition) is 5. The van der Waals surface area contributed by atoms with Crippen LogP contribution in [0.3, 0.4) is 0 Å². The van der Waals surface area contributed by atoms with Crippen molar-refractivity contribution >= 4 is 5.69 Å². The van der Waals surface area contributed by atoms with Crippen LogP contribution in [0.5, 0.6) is 0 Å². The van der Waals surface area contributed by atoms with Crippen LogP contribution in [0.25, 0.3) is 17.2 Å². The van der Waals surface area contributed by atoms with Crippen LogP contribution in [-0.2, 0) is 6.42 Å². The second-order valence-corrected chi connectivity index (χ2v) is 4.36. The van der Waals surface area contributed by atoms with Gasteiger partial charge < -0.3 is 5.73 Å². The molecule has 0 aliphatic carbocycles. The third kappa shape index (κ3) is 2.35. The summed E-state index contributed by atoms with van der Waals surface area (Å²) in [6.45, 7) is 2.05. The molecule has 0 aliphatic rings. The Morgan fingerprint density at radius 2 is 1.90 bits per heavy atom. The van der Waals surface area contributed by atoms with Crippen molar-refractivity contribution < 1.29 is 0 Å². The number of nitrogen functional groups attached to an aromatic ring is 1. The van der Waals surface area contributed by atoms with Gasteiger partial charge in [0.15, 0.2) is 11.6 Å². The lowest BCUT2D eigenvalue weighted by Gasteiger charge is -2.00. The van der Waals surface area contributed by atoms with E-state index in [0.29, 0.717) is 11.6 Å². The molecule has 100 valence electrons. The van der Waals surface area contributed by atoms with Crippen LogP contribution < -0.4 is 5.73 Å². The predicted molar refractivity (Wildman–Crippen MR) is 76.2 cm³/mol. The summed E-state index contributed by atoms with van der Waals surface area (Å²) >= 11 is 0. The van der Waals surface area contributed by atoms with Crippen molar-refractivity contribution in [2.75, 3.05) is 5.73 Å². The smallest absolute Gasteiger partial charge is 0.181 e. The van der Waals surface area contributed by atoms with Crippen LogP contribution >= 0.6 is 0 Å². The average Bonchev–Trinajstić information content (AvgIpc) is 2.98. The summed E-state index contributed by atoms with van der Waals surface area (Å²) < 4.78 is 1.65. The Morgan fingerprint density at radius 1 is 1.10 bits per heavy atom. The second-order valence-electron chi connectivity index (χ2n) is 4.36. The van der Waals surface area contributed by atoms with Crippen molar-refractivity contribution in [1.29, 1.82) is 0 Å². The summed E-state index contributed by atoms with van der Waals surface area (Å²) in [5.74, 6) is 1.35. The highest BCUT2D eigenvalue weighted by atomic mass is 15.4. The van der Waals surface area contributed by atoms with Gasteiger partial charge in [0.2, 0.25) is 0 Å². The van der Waals surface area contributed by atoms with Crippen LogP contribution in [0.1, 0.15) is 12.6 Å². The topological polar surface area (TPSA) is 82.5 Å². The van der Waals surface area contributed by atoms with Crippen molar-refractivity contribution in [1.82, 2.24) is 24.7 Å². The van der Waals surface area contributed by atoms with E-state index in [1.807, 2.05) is 37.3 Å². The highest BCUT2D eigenvalue weighted by molar-refractivity contribution is 5.58. The zero-order valence-electron chi connectivity index (χ0n) is 11.1. The van der Waals surface area contributed by atoms with Gasteiger partial charge in [0.05, 0.1) is 0 Å². The summed E-state index contributed by atoms with van der Waals surface area (Å²) in [5.41, 5.74) is 8.28. The predicted octanol–water partition coefficient (Wildman–Crippen LogP) is 1.87. The summed E-state index contributed by atoms with van der Waals surface area (Å²) in [6, 6.07) is 9.35. The summed E-state index contributed by atoms with van der Waals surface area (Å²) in [5, 5.41) is 4.43. The molecule has 0 saturated heterocycles. The molecule has 0 fully saturated rings. The van der Waals surface area contributed by atoms with Crippen molar-refractivity contribution in [2.24, 2.45) is 0 Å². The number of nitrogens with zero attached hydrogens (tertiary/aromatic N) is 5. The molecular weight excluding hydrogens is 252 g/mol. The molecule has 0 bridgehead atoms. The monoisotopic (exact) mass is 266 g/mol. The minimum absolute atomic E-state index is 0.640. The summed E-state index contributed by atoms with van der Waals surface area (Å²) in [4.78, 5) is 12.7. The van der Waals surface area contributed by atoms with Crippen LogP contribution in [0.15, 0.2) is 43.0 Å². The van der Waals surface area contributed by atoms with Gasteiger partial charge in [-0.3, -0.25) is 0 Å². The van der Waals surface area contributed by atoms with Gasteiger partial charge >= 0.3 is 0 Å². The van der Waals surface area contributed by atoms with E-state index in [1.54, 1.807) is 17.3 Å². The van der Waals surface area contributed by atoms with Gasteiger partial charge in [0, 0.05) is 23.0 Å². The van der Waals surface area contributed by atoms with Gasteiger partial charge in [-0.2, -0.15) is 0 Å². The highest BCUT2D eigenvalue weighted by Crippen LogP contribution is 2.16. The van der Waals surface area contributed by atoms with Gasteiger partial charge in [-0.05, 0) is 30.7 Å². The molecule has 0 amide bonds. The lowest BCUT2D eigenvalue weighted by Crippen LogP contribution is -2.00. The third-order valence-corrected chi connectivity index (χ3v) is 2.97. The lowest BCUT2D eigenvalue weighted by atomic mass is 10.2. The van der Waals surface area contributed by atoms with Gasteiger partial charge in [-0.1, -0.05) is 6.92 Å². The van der Waals surface area contributed by atoms with E-state index in [2.05, 4.69) is 20.1 Å². The van der Waals surface area contributed by atoms with Crippen LogP contribution in [0, 0.1) is 0 Å². The molecule has 0 spiro atoms. The van der Waals surface area contributed by atoms with Crippen molar-refractivity contribution in [3.8, 4) is 17.2 Å². The van der Waals surface area contributed by atoms with E-state index < -0.39 is 0 Å². The van der Waals surface area contributed by atoms with Gasteiger partial charge in [-0.15, -0.1) is 5.10 Å². The fourth-order valence-corrected chi connectivity index (χ4v) is 1.84. The number of benzene rings is 1. The van der Waals surface area contributed by atoms with E-state index in [4.69, 9.17) is 5.73 Å². The molecule has 20 heavy (non-hydrogen) atoms. The summed E-state index contributed by atoms with van der Waals surface area (Å²) in [6.07, 6.45) is 4.04. The number of anilines is 1. The first-order valence-corrected chi connectivity index (χ1v) is 6.35. The van der Waals surface area contributed by atoms with E-state index in [9.17, 15) is 0 Å². The molecule has 2 heterocycles.